The molecule has 0 saturated heterocycles. The molecular formula is C25H22Cl2N4O2S. The van der Waals surface area contributed by atoms with E-state index in [1.54, 1.807) is 18.2 Å². The van der Waals surface area contributed by atoms with Crippen LogP contribution in [0.5, 0.6) is 5.75 Å². The third kappa shape index (κ3) is 6.11. The Morgan fingerprint density at radius 1 is 0.971 bits per heavy atom. The number of carbonyl (C=O) groups excluding carboxylic acids is 1. The summed E-state index contributed by atoms with van der Waals surface area (Å²) in [4.78, 5) is 12.6. The monoisotopic (exact) mass is 512 g/mol. The van der Waals surface area contributed by atoms with Gasteiger partial charge in [-0.2, -0.15) is 0 Å². The highest BCUT2D eigenvalue weighted by atomic mass is 35.5. The van der Waals surface area contributed by atoms with Crippen LogP contribution >= 0.6 is 35.0 Å². The van der Waals surface area contributed by atoms with Gasteiger partial charge in [-0.15, -0.1) is 10.2 Å². The predicted octanol–water partition coefficient (Wildman–Crippen LogP) is 6.50. The summed E-state index contributed by atoms with van der Waals surface area (Å²) >= 11 is 13.4. The third-order valence-electron chi connectivity index (χ3n) is 4.92. The average Bonchev–Trinajstić information content (AvgIpc) is 3.23. The highest BCUT2D eigenvalue weighted by Gasteiger charge is 2.17. The second-order valence-corrected chi connectivity index (χ2v) is 9.42. The van der Waals surface area contributed by atoms with E-state index in [9.17, 15) is 4.79 Å². The van der Waals surface area contributed by atoms with E-state index in [0.717, 1.165) is 22.6 Å². The Kier molecular flexibility index (Phi) is 7.77. The van der Waals surface area contributed by atoms with Crippen LogP contribution in [0.3, 0.4) is 0 Å². The molecule has 9 heteroatoms. The zero-order valence-electron chi connectivity index (χ0n) is 18.6. The predicted molar refractivity (Wildman–Crippen MR) is 137 cm³/mol. The van der Waals surface area contributed by atoms with Crippen LogP contribution in [0.2, 0.25) is 10.0 Å². The topological polar surface area (TPSA) is 69.0 Å². The highest BCUT2D eigenvalue weighted by Crippen LogP contribution is 2.27. The van der Waals surface area contributed by atoms with Gasteiger partial charge in [-0.3, -0.25) is 9.36 Å². The van der Waals surface area contributed by atoms with E-state index in [-0.39, 0.29) is 18.3 Å². The fourth-order valence-electron chi connectivity index (χ4n) is 3.13. The van der Waals surface area contributed by atoms with Crippen LogP contribution in [0, 0.1) is 13.8 Å². The lowest BCUT2D eigenvalue weighted by atomic mass is 10.2. The van der Waals surface area contributed by atoms with E-state index >= 15 is 0 Å². The van der Waals surface area contributed by atoms with E-state index in [1.807, 2.05) is 66.9 Å². The van der Waals surface area contributed by atoms with Crippen molar-refractivity contribution in [3.8, 4) is 11.4 Å². The van der Waals surface area contributed by atoms with Crippen molar-refractivity contribution in [2.45, 2.75) is 25.6 Å². The smallest absolute Gasteiger partial charge is 0.234 e. The first-order valence-corrected chi connectivity index (χ1v) is 12.2. The van der Waals surface area contributed by atoms with Crippen LogP contribution in [0.1, 0.15) is 17.0 Å². The first-order chi connectivity index (χ1) is 16.4. The van der Waals surface area contributed by atoms with Gasteiger partial charge in [0.25, 0.3) is 0 Å². The van der Waals surface area contributed by atoms with Gasteiger partial charge >= 0.3 is 0 Å². The third-order valence-corrected chi connectivity index (χ3v) is 6.41. The minimum atomic E-state index is -0.231. The second-order valence-electron chi connectivity index (χ2n) is 7.63. The fourth-order valence-corrected chi connectivity index (χ4v) is 4.24. The highest BCUT2D eigenvalue weighted by molar-refractivity contribution is 7.99. The van der Waals surface area contributed by atoms with Crippen LogP contribution in [-0.2, 0) is 11.4 Å². The van der Waals surface area contributed by atoms with E-state index in [2.05, 4.69) is 15.5 Å². The number of anilines is 1. The quantitative estimate of drug-likeness (QED) is 0.273. The Morgan fingerprint density at radius 3 is 2.35 bits per heavy atom. The molecule has 0 aliphatic heterocycles. The molecule has 0 fully saturated rings. The molecule has 1 amide bonds. The lowest BCUT2D eigenvalue weighted by molar-refractivity contribution is -0.113. The number of amides is 1. The van der Waals surface area contributed by atoms with Crippen LogP contribution < -0.4 is 10.1 Å². The number of aromatic nitrogens is 3. The molecular weight excluding hydrogens is 491 g/mol. The molecule has 1 N–H and O–H groups in total. The maximum absolute atomic E-state index is 12.6. The minimum absolute atomic E-state index is 0.117. The van der Waals surface area contributed by atoms with Crippen molar-refractivity contribution in [3.05, 3.63) is 93.7 Å². The van der Waals surface area contributed by atoms with Crippen molar-refractivity contribution in [1.29, 1.82) is 0 Å². The van der Waals surface area contributed by atoms with Crippen LogP contribution in [0.25, 0.3) is 5.69 Å². The lowest BCUT2D eigenvalue weighted by Gasteiger charge is -2.12. The van der Waals surface area contributed by atoms with E-state index in [0.29, 0.717) is 26.7 Å². The Morgan fingerprint density at radius 2 is 1.65 bits per heavy atom. The number of thioether (sulfide) groups is 1. The molecule has 0 saturated carbocycles. The zero-order chi connectivity index (χ0) is 24.1. The molecule has 4 aromatic rings. The molecule has 3 aromatic carbocycles. The molecule has 34 heavy (non-hydrogen) atoms. The Labute approximate surface area is 212 Å². The summed E-state index contributed by atoms with van der Waals surface area (Å²) in [6, 6.07) is 20.8. The summed E-state index contributed by atoms with van der Waals surface area (Å²) in [6.07, 6.45) is 0. The molecule has 174 valence electrons. The fraction of sp³-hybridized carbons (Fsp3) is 0.160. The van der Waals surface area contributed by atoms with E-state index < -0.39 is 0 Å². The SMILES string of the molecule is Cc1ccc(OCc2nnc(SCC(=O)Nc3cc(Cl)ccc3Cl)n2-c2ccc(C)cc2)cc1. The van der Waals surface area contributed by atoms with Gasteiger partial charge in [0.2, 0.25) is 5.91 Å². The van der Waals surface area contributed by atoms with Gasteiger partial charge in [-0.05, 0) is 56.3 Å². The summed E-state index contributed by atoms with van der Waals surface area (Å²) < 4.78 is 7.84. The van der Waals surface area contributed by atoms with Gasteiger partial charge in [0.1, 0.15) is 12.4 Å². The first-order valence-electron chi connectivity index (χ1n) is 10.5. The van der Waals surface area contributed by atoms with Crippen molar-refractivity contribution in [3.63, 3.8) is 0 Å². The van der Waals surface area contributed by atoms with Gasteiger partial charge < -0.3 is 10.1 Å². The van der Waals surface area contributed by atoms with E-state index in [4.69, 9.17) is 27.9 Å². The molecule has 0 spiro atoms. The summed E-state index contributed by atoms with van der Waals surface area (Å²) in [5.74, 6) is 1.26. The van der Waals surface area contributed by atoms with Crippen molar-refractivity contribution >= 4 is 46.6 Å². The zero-order valence-corrected chi connectivity index (χ0v) is 20.9. The molecule has 6 nitrogen and oxygen atoms in total. The Balaban J connectivity index is 1.51. The maximum Gasteiger partial charge on any atom is 0.234 e. The van der Waals surface area contributed by atoms with Crippen molar-refractivity contribution < 1.29 is 9.53 Å². The first kappa shape index (κ1) is 24.1. The van der Waals surface area contributed by atoms with Gasteiger partial charge in [0, 0.05) is 10.7 Å². The number of hydrogen-bond donors (Lipinski definition) is 1. The molecule has 1 aromatic heterocycles. The number of nitrogens with zero attached hydrogens (tertiary/aromatic N) is 3. The average molecular weight is 513 g/mol. The van der Waals surface area contributed by atoms with Gasteiger partial charge in [-0.25, -0.2) is 0 Å². The Bertz CT molecular complexity index is 1290. The summed E-state index contributed by atoms with van der Waals surface area (Å²) in [5.41, 5.74) is 3.65. The number of rotatable bonds is 8. The number of benzene rings is 3. The normalized spacial score (nSPS) is 10.8. The summed E-state index contributed by atoms with van der Waals surface area (Å²) in [6.45, 7) is 4.28. The molecule has 1 heterocycles. The van der Waals surface area contributed by atoms with Crippen LogP contribution in [0.4, 0.5) is 5.69 Å². The number of nitrogens with one attached hydrogen (secondary N) is 1. The standard InChI is InChI=1S/C25H22Cl2N4O2S/c1-16-3-8-19(9-4-16)31-23(14-33-20-10-5-17(2)6-11-20)29-30-25(31)34-15-24(32)28-22-13-18(26)7-12-21(22)27/h3-13H,14-15H2,1-2H3,(H,28,32). The van der Waals surface area contributed by atoms with E-state index in [1.165, 1.54) is 11.8 Å². The molecule has 0 radical (unpaired) electrons. The molecule has 4 rings (SSSR count). The lowest BCUT2D eigenvalue weighted by Crippen LogP contribution is -2.15. The summed E-state index contributed by atoms with van der Waals surface area (Å²) in [7, 11) is 0. The van der Waals surface area contributed by atoms with Gasteiger partial charge in [-0.1, -0.05) is 70.4 Å². The molecule has 0 aliphatic carbocycles. The molecule has 0 bridgehead atoms. The van der Waals surface area contributed by atoms with Crippen LogP contribution in [0.15, 0.2) is 71.9 Å². The number of hydrogen-bond acceptors (Lipinski definition) is 5. The maximum atomic E-state index is 12.6. The van der Waals surface area contributed by atoms with Crippen molar-refractivity contribution in [2.24, 2.45) is 0 Å². The van der Waals surface area contributed by atoms with Gasteiger partial charge in [0.05, 0.1) is 16.5 Å². The van der Waals surface area contributed by atoms with Crippen LogP contribution in [-0.4, -0.2) is 26.4 Å². The van der Waals surface area contributed by atoms with Gasteiger partial charge in [0.15, 0.2) is 11.0 Å². The minimum Gasteiger partial charge on any atom is -0.486 e. The van der Waals surface area contributed by atoms with Crippen molar-refractivity contribution in [2.75, 3.05) is 11.1 Å². The number of ether oxygens (including phenoxy) is 1. The summed E-state index contributed by atoms with van der Waals surface area (Å²) in [5, 5.41) is 12.9. The number of halogens is 2. The largest absolute Gasteiger partial charge is 0.486 e. The Hall–Kier alpha value is -3.00. The number of carbonyl (C=O) groups is 1. The molecule has 0 aliphatic rings. The number of aryl methyl sites for hydroxylation is 2. The van der Waals surface area contributed by atoms with Crippen molar-refractivity contribution in [1.82, 2.24) is 14.8 Å². The molecule has 0 unspecified atom stereocenters. The molecule has 0 atom stereocenters. The second kappa shape index (κ2) is 11.0.